The zero-order chi connectivity index (χ0) is 19.2. The molecule has 2 fully saturated rings. The molecule has 0 aromatic heterocycles. The Labute approximate surface area is 181 Å². The maximum Gasteiger partial charge on any atom is 0.324 e. The lowest BCUT2D eigenvalue weighted by Gasteiger charge is -2.37. The van der Waals surface area contributed by atoms with Crippen LogP contribution in [0.25, 0.3) is 0 Å². The Balaban J connectivity index is 0.00000280. The first-order valence-corrected chi connectivity index (χ1v) is 9.21. The third kappa shape index (κ3) is 5.24. The van der Waals surface area contributed by atoms with Crippen LogP contribution >= 0.6 is 24.0 Å². The molecular formula is C18H26FIN6O2. The molecule has 3 amide bonds. The lowest BCUT2D eigenvalue weighted by atomic mass is 10.2. The van der Waals surface area contributed by atoms with Crippen molar-refractivity contribution < 1.29 is 14.0 Å². The largest absolute Gasteiger partial charge is 0.366 e. The monoisotopic (exact) mass is 504 g/mol. The molecule has 2 heterocycles. The summed E-state index contributed by atoms with van der Waals surface area (Å²) in [6.45, 7) is 6.17. The predicted octanol–water partition coefficient (Wildman–Crippen LogP) is 1.08. The van der Waals surface area contributed by atoms with Gasteiger partial charge in [0.15, 0.2) is 5.96 Å². The van der Waals surface area contributed by atoms with E-state index in [1.165, 1.54) is 11.0 Å². The number of para-hydroxylation sites is 1. The Morgan fingerprint density at radius 2 is 1.93 bits per heavy atom. The minimum absolute atomic E-state index is 0. The standard InChI is InChI=1S/C18H25FN6O2.HI/c1-2-20-17(21-7-8-25-16(26)13-22-18(25)27)24-11-9-23(10-12-24)15-6-4-3-5-14(15)19;/h3-6H,2,7-13H2,1H3,(H,20,21)(H,22,27);1H. The third-order valence-corrected chi connectivity index (χ3v) is 4.63. The van der Waals surface area contributed by atoms with Crippen LogP contribution in [0.3, 0.4) is 0 Å². The Bertz CT molecular complexity index is 708. The number of amides is 3. The van der Waals surface area contributed by atoms with Gasteiger partial charge in [0.05, 0.1) is 25.3 Å². The molecule has 2 N–H and O–H groups in total. The molecule has 0 aliphatic carbocycles. The minimum atomic E-state index is -0.362. The quantitative estimate of drug-likeness (QED) is 0.272. The Morgan fingerprint density at radius 3 is 2.54 bits per heavy atom. The molecule has 28 heavy (non-hydrogen) atoms. The average Bonchev–Trinajstić information content (AvgIpc) is 3.00. The second-order valence-electron chi connectivity index (χ2n) is 6.37. The van der Waals surface area contributed by atoms with Crippen molar-refractivity contribution in [3.63, 3.8) is 0 Å². The van der Waals surface area contributed by atoms with Crippen molar-refractivity contribution in [1.82, 2.24) is 20.4 Å². The van der Waals surface area contributed by atoms with Gasteiger partial charge >= 0.3 is 6.03 Å². The Hall–Kier alpha value is -2.11. The van der Waals surface area contributed by atoms with Crippen molar-refractivity contribution >= 4 is 47.6 Å². The van der Waals surface area contributed by atoms with E-state index < -0.39 is 0 Å². The van der Waals surface area contributed by atoms with Crippen LogP contribution in [0.2, 0.25) is 0 Å². The maximum absolute atomic E-state index is 14.0. The number of imide groups is 1. The van der Waals surface area contributed by atoms with Gasteiger partial charge in [-0.25, -0.2) is 9.18 Å². The zero-order valence-corrected chi connectivity index (χ0v) is 18.2. The highest BCUT2D eigenvalue weighted by molar-refractivity contribution is 14.0. The van der Waals surface area contributed by atoms with Crippen LogP contribution in [-0.4, -0.2) is 80.1 Å². The number of urea groups is 1. The number of halogens is 2. The number of nitrogens with one attached hydrogen (secondary N) is 2. The zero-order valence-electron chi connectivity index (χ0n) is 15.9. The van der Waals surface area contributed by atoms with Gasteiger partial charge in [-0.05, 0) is 19.1 Å². The van der Waals surface area contributed by atoms with E-state index in [1.807, 2.05) is 17.9 Å². The molecule has 10 heteroatoms. The molecule has 0 radical (unpaired) electrons. The number of carbonyl (C=O) groups excluding carboxylic acids is 2. The number of carbonyl (C=O) groups is 2. The van der Waals surface area contributed by atoms with E-state index in [0.717, 1.165) is 12.5 Å². The average molecular weight is 504 g/mol. The molecule has 1 aromatic carbocycles. The van der Waals surface area contributed by atoms with Gasteiger partial charge in [-0.3, -0.25) is 14.7 Å². The van der Waals surface area contributed by atoms with Gasteiger partial charge in [0.2, 0.25) is 5.91 Å². The molecule has 2 aliphatic heterocycles. The second-order valence-corrected chi connectivity index (χ2v) is 6.37. The minimum Gasteiger partial charge on any atom is -0.366 e. The number of aliphatic imine (C=N–C) groups is 1. The predicted molar refractivity (Wildman–Crippen MR) is 117 cm³/mol. The van der Waals surface area contributed by atoms with E-state index in [2.05, 4.69) is 20.5 Å². The molecule has 1 aromatic rings. The number of anilines is 1. The normalized spacial score (nSPS) is 17.5. The first-order chi connectivity index (χ1) is 13.1. The molecule has 0 spiro atoms. The van der Waals surface area contributed by atoms with E-state index in [9.17, 15) is 14.0 Å². The summed E-state index contributed by atoms with van der Waals surface area (Å²) >= 11 is 0. The van der Waals surface area contributed by atoms with E-state index in [-0.39, 0.29) is 54.8 Å². The number of nitrogens with zero attached hydrogens (tertiary/aromatic N) is 4. The number of rotatable bonds is 5. The highest BCUT2D eigenvalue weighted by Gasteiger charge is 2.28. The van der Waals surface area contributed by atoms with Gasteiger partial charge < -0.3 is 20.4 Å². The van der Waals surface area contributed by atoms with Gasteiger partial charge in [-0.1, -0.05) is 12.1 Å². The van der Waals surface area contributed by atoms with Crippen LogP contribution < -0.4 is 15.5 Å². The lowest BCUT2D eigenvalue weighted by Crippen LogP contribution is -2.53. The number of piperazine rings is 1. The van der Waals surface area contributed by atoms with Crippen LogP contribution in [0.5, 0.6) is 0 Å². The summed E-state index contributed by atoms with van der Waals surface area (Å²) in [6.07, 6.45) is 0. The first-order valence-electron chi connectivity index (χ1n) is 9.21. The summed E-state index contributed by atoms with van der Waals surface area (Å²) in [6, 6.07) is 6.44. The molecule has 2 aliphatic rings. The fourth-order valence-electron chi connectivity index (χ4n) is 3.23. The SMILES string of the molecule is CCNC(=NCCN1C(=O)CNC1=O)N1CCN(c2ccccc2F)CC1.I. The molecule has 0 atom stereocenters. The smallest absolute Gasteiger partial charge is 0.324 e. The number of benzene rings is 1. The van der Waals surface area contributed by atoms with Gasteiger partial charge in [0.1, 0.15) is 5.82 Å². The second kappa shape index (κ2) is 10.4. The molecule has 0 unspecified atom stereocenters. The van der Waals surface area contributed by atoms with E-state index in [1.54, 1.807) is 12.1 Å². The summed E-state index contributed by atoms with van der Waals surface area (Å²) in [5.41, 5.74) is 0.623. The van der Waals surface area contributed by atoms with Gasteiger partial charge in [0, 0.05) is 32.7 Å². The van der Waals surface area contributed by atoms with E-state index >= 15 is 0 Å². The number of guanidine groups is 1. The Kier molecular flexibility index (Phi) is 8.27. The fraction of sp³-hybridized carbons (Fsp3) is 0.500. The first kappa shape index (κ1) is 22.2. The summed E-state index contributed by atoms with van der Waals surface area (Å²) in [5.74, 6) is 0.316. The third-order valence-electron chi connectivity index (χ3n) is 4.63. The summed E-state index contributed by atoms with van der Waals surface area (Å²) in [4.78, 5) is 33.1. The van der Waals surface area contributed by atoms with E-state index in [4.69, 9.17) is 0 Å². The van der Waals surface area contributed by atoms with Crippen LogP contribution in [-0.2, 0) is 4.79 Å². The molecule has 2 saturated heterocycles. The van der Waals surface area contributed by atoms with Crippen molar-refractivity contribution in [1.29, 1.82) is 0 Å². The van der Waals surface area contributed by atoms with Gasteiger partial charge in [-0.15, -0.1) is 24.0 Å². The molecular weight excluding hydrogens is 478 g/mol. The fourth-order valence-corrected chi connectivity index (χ4v) is 3.23. The summed E-state index contributed by atoms with van der Waals surface area (Å²) < 4.78 is 14.0. The summed E-state index contributed by atoms with van der Waals surface area (Å²) in [5, 5.41) is 5.74. The highest BCUT2D eigenvalue weighted by Crippen LogP contribution is 2.20. The molecule has 0 saturated carbocycles. The maximum atomic E-state index is 14.0. The lowest BCUT2D eigenvalue weighted by molar-refractivity contribution is -0.124. The molecule has 3 rings (SSSR count). The van der Waals surface area contributed by atoms with Crippen molar-refractivity contribution in [2.45, 2.75) is 6.92 Å². The van der Waals surface area contributed by atoms with Crippen LogP contribution in [0.4, 0.5) is 14.9 Å². The van der Waals surface area contributed by atoms with Gasteiger partial charge in [0.25, 0.3) is 0 Å². The topological polar surface area (TPSA) is 80.3 Å². The van der Waals surface area contributed by atoms with Crippen LogP contribution in [0.15, 0.2) is 29.3 Å². The summed E-state index contributed by atoms with van der Waals surface area (Å²) in [7, 11) is 0. The molecule has 154 valence electrons. The van der Waals surface area contributed by atoms with Crippen molar-refractivity contribution in [3.05, 3.63) is 30.1 Å². The van der Waals surface area contributed by atoms with E-state index in [0.29, 0.717) is 38.4 Å². The molecule has 0 bridgehead atoms. The van der Waals surface area contributed by atoms with Crippen LogP contribution in [0, 0.1) is 5.82 Å². The Morgan fingerprint density at radius 1 is 1.21 bits per heavy atom. The number of hydrogen-bond donors (Lipinski definition) is 2. The van der Waals surface area contributed by atoms with Crippen molar-refractivity contribution in [3.8, 4) is 0 Å². The molecule has 8 nitrogen and oxygen atoms in total. The van der Waals surface area contributed by atoms with Crippen LogP contribution in [0.1, 0.15) is 6.92 Å². The highest BCUT2D eigenvalue weighted by atomic mass is 127. The van der Waals surface area contributed by atoms with Gasteiger partial charge in [-0.2, -0.15) is 0 Å². The number of hydrogen-bond acceptors (Lipinski definition) is 4. The van der Waals surface area contributed by atoms with Crippen molar-refractivity contribution in [2.24, 2.45) is 4.99 Å². The van der Waals surface area contributed by atoms with Crippen molar-refractivity contribution in [2.75, 3.05) is 57.3 Å².